The summed E-state index contributed by atoms with van der Waals surface area (Å²) < 4.78 is 31.5. The number of carbonyl (C=O) groups is 3. The van der Waals surface area contributed by atoms with Gasteiger partial charge in [-0.1, -0.05) is 38.5 Å². The fourth-order valence-electron chi connectivity index (χ4n) is 12.1. The van der Waals surface area contributed by atoms with Crippen molar-refractivity contribution in [2.24, 2.45) is 35.0 Å². The first-order chi connectivity index (χ1) is 30.3. The van der Waals surface area contributed by atoms with Crippen LogP contribution in [-0.2, 0) is 39.9 Å². The third-order valence-corrected chi connectivity index (χ3v) is 16.5. The summed E-state index contributed by atoms with van der Waals surface area (Å²) in [6.45, 7) is 11.8. The van der Waals surface area contributed by atoms with Crippen molar-refractivity contribution in [1.29, 1.82) is 0 Å². The highest BCUT2D eigenvalue weighted by atomic mass is 32.1. The van der Waals surface area contributed by atoms with E-state index in [0.717, 1.165) is 67.6 Å². The maximum atomic E-state index is 14.0. The van der Waals surface area contributed by atoms with Crippen LogP contribution < -0.4 is 5.32 Å². The van der Waals surface area contributed by atoms with E-state index in [-0.39, 0.29) is 48.8 Å². The van der Waals surface area contributed by atoms with Crippen LogP contribution in [0.3, 0.4) is 0 Å². The van der Waals surface area contributed by atoms with Gasteiger partial charge in [-0.3, -0.25) is 14.9 Å². The number of thiazole rings is 1. The van der Waals surface area contributed by atoms with Crippen LogP contribution in [0.4, 0.5) is 10.5 Å². The molecule has 7 aliphatic rings. The maximum Gasteiger partial charge on any atom is 0.411 e. The molecule has 352 valence electrons. The van der Waals surface area contributed by atoms with Crippen molar-refractivity contribution >= 4 is 40.9 Å². The number of aliphatic hydroxyl groups is 2. The Hall–Kier alpha value is -3.24. The molecule has 2 aromatic rings. The molecule has 5 saturated carbocycles. The molecule has 1 aromatic heterocycles. The quantitative estimate of drug-likeness (QED) is 0.0872. The summed E-state index contributed by atoms with van der Waals surface area (Å²) in [5, 5.41) is 39.1. The molecule has 7 fully saturated rings. The molecule has 13 nitrogen and oxygen atoms in total. The molecule has 9 rings (SSSR count). The zero-order chi connectivity index (χ0) is 45.6. The minimum absolute atomic E-state index is 0.0412. The molecule has 4 N–H and O–H groups in total. The van der Waals surface area contributed by atoms with Gasteiger partial charge in [0.05, 0.1) is 59.2 Å². The number of nitrogens with one attached hydrogen (secondary N) is 1. The number of allylic oxidation sites excluding steroid dienone is 1. The van der Waals surface area contributed by atoms with Gasteiger partial charge in [0.15, 0.2) is 11.6 Å². The lowest BCUT2D eigenvalue weighted by molar-refractivity contribution is -0.403. The fourth-order valence-corrected chi connectivity index (χ4v) is 12.7. The number of benzene rings is 1. The van der Waals surface area contributed by atoms with E-state index in [1.165, 1.54) is 12.0 Å². The molecule has 2 saturated heterocycles. The molecule has 8 unspecified atom stereocenters. The van der Waals surface area contributed by atoms with Crippen LogP contribution in [0.25, 0.3) is 6.08 Å². The van der Waals surface area contributed by atoms with Gasteiger partial charge < -0.3 is 39.0 Å². The highest BCUT2D eigenvalue weighted by Gasteiger charge is 2.60. The normalized spacial score (nSPS) is 37.9. The Balaban J connectivity index is 0.841. The van der Waals surface area contributed by atoms with Crippen LogP contribution in [0.15, 0.2) is 35.2 Å². The predicted molar refractivity (Wildman–Crippen MR) is 241 cm³/mol. The lowest BCUT2D eigenvalue weighted by Crippen LogP contribution is -2.62. The van der Waals surface area contributed by atoms with Gasteiger partial charge in [-0.05, 0) is 133 Å². The molecular formula is C50H70N2O11S. The second-order valence-corrected chi connectivity index (χ2v) is 22.2. The first-order valence-electron chi connectivity index (χ1n) is 23.8. The summed E-state index contributed by atoms with van der Waals surface area (Å²) in [4.78, 5) is 43.6. The van der Waals surface area contributed by atoms with Crippen LogP contribution >= 0.6 is 11.3 Å². The van der Waals surface area contributed by atoms with Crippen LogP contribution in [-0.4, -0.2) is 85.8 Å². The highest BCUT2D eigenvalue weighted by Crippen LogP contribution is 2.60. The van der Waals surface area contributed by atoms with Crippen molar-refractivity contribution < 1.29 is 53.4 Å². The second-order valence-electron chi connectivity index (χ2n) is 21.1. The first-order valence-corrected chi connectivity index (χ1v) is 24.7. The summed E-state index contributed by atoms with van der Waals surface area (Å²) in [7, 11) is 0. The zero-order valence-corrected chi connectivity index (χ0v) is 39.3. The number of ketones is 1. The number of hydrogen-bond donors (Lipinski definition) is 4. The lowest BCUT2D eigenvalue weighted by Gasteiger charge is -2.59. The monoisotopic (exact) mass is 906 g/mol. The zero-order valence-electron chi connectivity index (χ0n) is 38.5. The molecule has 1 aromatic carbocycles. The molecule has 64 heavy (non-hydrogen) atoms. The molecule has 1 amide bonds. The molecule has 0 spiro atoms. The number of Topliss-reactive ketones (excluding diaryl/α,β-unsaturated/α-hetero) is 1. The Morgan fingerprint density at radius 1 is 1.02 bits per heavy atom. The number of epoxide rings is 1. The predicted octanol–water partition coefficient (Wildman–Crippen LogP) is 9.36. The number of hydrogen-bond acceptors (Lipinski definition) is 12. The number of rotatable bonds is 17. The third-order valence-electron chi connectivity index (χ3n) is 15.7. The maximum absolute atomic E-state index is 14.0. The number of carbonyl (C=O) groups excluding carboxylic acids is 2. The number of aromatic nitrogens is 1. The average molecular weight is 907 g/mol. The van der Waals surface area contributed by atoms with E-state index >= 15 is 0 Å². The molecule has 0 radical (unpaired) electrons. The van der Waals surface area contributed by atoms with Crippen molar-refractivity contribution in [2.45, 2.75) is 192 Å². The summed E-state index contributed by atoms with van der Waals surface area (Å²) >= 11 is 1.64. The van der Waals surface area contributed by atoms with Crippen LogP contribution in [0, 0.1) is 41.9 Å². The number of aryl methyl sites for hydroxylation is 1. The topological polar surface area (TPSA) is 186 Å². The number of amides is 1. The average Bonchev–Trinajstić information content (AvgIpc) is 3.71. The molecular weight excluding hydrogens is 837 g/mol. The van der Waals surface area contributed by atoms with Crippen molar-refractivity contribution in [3.05, 3.63) is 51.5 Å². The molecule has 4 bridgehead atoms. The highest BCUT2D eigenvalue weighted by molar-refractivity contribution is 7.09. The number of carboxylic acids is 1. The number of ether oxygens (including phenoxy) is 5. The third kappa shape index (κ3) is 10.6. The van der Waals surface area contributed by atoms with Crippen molar-refractivity contribution in [2.75, 3.05) is 5.32 Å². The fraction of sp³-hybridized carbons (Fsp3) is 0.720. The largest absolute Gasteiger partial charge is 0.481 e. The standard InChI is InChI=1S/C50H70N2O11S/c1-29(19-38-28-64-31(3)51-38)11-16-41-48(6,62-41)17-8-10-40-44(30(2)45(55)47(4,5)42(61-40)25-43(53)54)59-27-32-12-14-37(15-13-32)52-46(56)60-39-9-7-18-49(57,26-39)63-50(58)35-21-33-20-34(23-35)24-36(50)22-33/h12-15,19,28,30,33-36,39-42,44,57-58H,7-11,16-18,20-27H2,1-6H3,(H,52,56)(H,53,54). The van der Waals surface area contributed by atoms with Gasteiger partial charge in [0.25, 0.3) is 0 Å². The van der Waals surface area contributed by atoms with Crippen molar-refractivity contribution in [3.63, 3.8) is 0 Å². The minimum atomic E-state index is -1.56. The summed E-state index contributed by atoms with van der Waals surface area (Å²) in [5.41, 5.74) is 2.30. The molecule has 2 aliphatic heterocycles. The molecule has 8 atom stereocenters. The van der Waals surface area contributed by atoms with Crippen molar-refractivity contribution in [3.8, 4) is 0 Å². The Morgan fingerprint density at radius 2 is 1.72 bits per heavy atom. The smallest absolute Gasteiger partial charge is 0.411 e. The van der Waals surface area contributed by atoms with Gasteiger partial charge in [0.1, 0.15) is 11.9 Å². The first kappa shape index (κ1) is 47.3. The van der Waals surface area contributed by atoms with E-state index in [0.29, 0.717) is 43.2 Å². The summed E-state index contributed by atoms with van der Waals surface area (Å²) in [5.74, 6) is -3.18. The van der Waals surface area contributed by atoms with Gasteiger partial charge in [-0.25, -0.2) is 9.78 Å². The van der Waals surface area contributed by atoms with E-state index in [1.807, 2.05) is 26.0 Å². The SMILES string of the molecule is CC(=Cc1csc(C)n1)CCC1OC1(C)CCCC1OC(CC(=O)O)C(C)(C)C(=O)C(C)C1OCc1ccc(NC(=O)OC2CCCC(O)(OC3(O)C4CC5CC(C4)CC3C5)C2)cc1. The van der Waals surface area contributed by atoms with Gasteiger partial charge in [0.2, 0.25) is 0 Å². The van der Waals surface area contributed by atoms with Crippen LogP contribution in [0.1, 0.15) is 147 Å². The van der Waals surface area contributed by atoms with E-state index in [2.05, 4.69) is 35.6 Å². The Bertz CT molecular complexity index is 2010. The van der Waals surface area contributed by atoms with Gasteiger partial charge in [-0.15, -0.1) is 11.3 Å². The van der Waals surface area contributed by atoms with E-state index in [4.69, 9.17) is 23.7 Å². The molecule has 14 heteroatoms. The Kier molecular flexibility index (Phi) is 13.9. The van der Waals surface area contributed by atoms with Gasteiger partial charge >= 0.3 is 12.1 Å². The van der Waals surface area contributed by atoms with Gasteiger partial charge in [0, 0.05) is 41.7 Å². The number of anilines is 1. The Morgan fingerprint density at radius 3 is 2.38 bits per heavy atom. The Labute approximate surface area is 382 Å². The number of nitrogens with zero attached hydrogens (tertiary/aromatic N) is 1. The molecule has 3 heterocycles. The molecule has 5 aliphatic carbocycles. The second kappa shape index (κ2) is 18.8. The number of carboxylic acid groups (broad SMARTS) is 1. The summed E-state index contributed by atoms with van der Waals surface area (Å²) in [6.07, 6.45) is 9.48. The van der Waals surface area contributed by atoms with E-state index < -0.39 is 59.4 Å². The summed E-state index contributed by atoms with van der Waals surface area (Å²) in [6, 6.07) is 7.19. The van der Waals surface area contributed by atoms with E-state index in [1.54, 1.807) is 37.3 Å². The van der Waals surface area contributed by atoms with Crippen LogP contribution in [0.5, 0.6) is 0 Å². The van der Waals surface area contributed by atoms with Crippen LogP contribution in [0.2, 0.25) is 0 Å². The minimum Gasteiger partial charge on any atom is -0.481 e. The lowest BCUT2D eigenvalue weighted by atomic mass is 9.53. The van der Waals surface area contributed by atoms with Gasteiger partial charge in [-0.2, -0.15) is 0 Å². The van der Waals surface area contributed by atoms with Crippen molar-refractivity contribution in [1.82, 2.24) is 4.98 Å². The van der Waals surface area contributed by atoms with E-state index in [9.17, 15) is 29.7 Å². The number of aliphatic carboxylic acids is 1.